The summed E-state index contributed by atoms with van der Waals surface area (Å²) in [5.74, 6) is 0.644. The maximum Gasteiger partial charge on any atom is 0.252 e. The molecule has 3 aromatic rings. The first kappa shape index (κ1) is 21.9. The van der Waals surface area contributed by atoms with Crippen molar-refractivity contribution in [1.29, 1.82) is 0 Å². The molecule has 1 saturated carbocycles. The molecule has 1 aromatic heterocycles. The predicted octanol–water partition coefficient (Wildman–Crippen LogP) is 4.71. The number of nitrogens with zero attached hydrogens (tertiary/aromatic N) is 1. The van der Waals surface area contributed by atoms with Crippen LogP contribution in [-0.2, 0) is 16.6 Å². The largest absolute Gasteiger partial charge is 0.497 e. The van der Waals surface area contributed by atoms with E-state index in [-0.39, 0.29) is 23.0 Å². The summed E-state index contributed by atoms with van der Waals surface area (Å²) in [7, 11) is -2.23. The number of benzene rings is 2. The van der Waals surface area contributed by atoms with Gasteiger partial charge in [0.15, 0.2) is 0 Å². The standard InChI is InChI=1S/C23H25ClN2O4S/c1-30-20-10-7-16-13-17(23(27)25-22(16)14-20)15-26(19-5-3-2-4-6-19)31(28,29)21-11-8-18(24)9-12-21/h7-14,19H,2-6,15H2,1H3,(H,25,27). The highest BCUT2D eigenvalue weighted by Crippen LogP contribution is 2.30. The molecule has 1 N–H and O–H groups in total. The third kappa shape index (κ3) is 4.63. The first-order valence-electron chi connectivity index (χ1n) is 10.4. The highest BCUT2D eigenvalue weighted by atomic mass is 35.5. The van der Waals surface area contributed by atoms with Crippen molar-refractivity contribution in [3.05, 3.63) is 69.5 Å². The van der Waals surface area contributed by atoms with Gasteiger partial charge >= 0.3 is 0 Å². The molecular weight excluding hydrogens is 436 g/mol. The molecule has 164 valence electrons. The van der Waals surface area contributed by atoms with Gasteiger partial charge in [0.25, 0.3) is 5.56 Å². The van der Waals surface area contributed by atoms with Crippen molar-refractivity contribution in [2.24, 2.45) is 0 Å². The Balaban J connectivity index is 1.75. The first-order valence-corrected chi connectivity index (χ1v) is 12.2. The van der Waals surface area contributed by atoms with Gasteiger partial charge in [-0.2, -0.15) is 4.31 Å². The molecule has 2 aromatic carbocycles. The van der Waals surface area contributed by atoms with E-state index in [2.05, 4.69) is 4.98 Å². The Morgan fingerprint density at radius 2 is 1.77 bits per heavy atom. The van der Waals surface area contributed by atoms with Crippen molar-refractivity contribution in [2.45, 2.75) is 49.6 Å². The number of aromatic nitrogens is 1. The fraction of sp³-hybridized carbons (Fsp3) is 0.348. The van der Waals surface area contributed by atoms with E-state index < -0.39 is 10.0 Å². The van der Waals surface area contributed by atoms with Crippen LogP contribution in [0.4, 0.5) is 0 Å². The van der Waals surface area contributed by atoms with E-state index in [0.29, 0.717) is 21.9 Å². The van der Waals surface area contributed by atoms with E-state index in [9.17, 15) is 13.2 Å². The summed E-state index contributed by atoms with van der Waals surface area (Å²) < 4.78 is 33.8. The molecule has 0 amide bonds. The molecule has 0 saturated heterocycles. The van der Waals surface area contributed by atoms with E-state index in [1.165, 1.54) is 16.4 Å². The van der Waals surface area contributed by atoms with Gasteiger partial charge in [-0.15, -0.1) is 0 Å². The summed E-state index contributed by atoms with van der Waals surface area (Å²) in [6.07, 6.45) is 4.63. The molecule has 0 unspecified atom stereocenters. The monoisotopic (exact) mass is 460 g/mol. The van der Waals surface area contributed by atoms with Crippen LogP contribution in [-0.4, -0.2) is 30.9 Å². The Morgan fingerprint density at radius 3 is 2.45 bits per heavy atom. The van der Waals surface area contributed by atoms with Gasteiger partial charge < -0.3 is 9.72 Å². The lowest BCUT2D eigenvalue weighted by molar-refractivity contribution is 0.247. The average Bonchev–Trinajstić information content (AvgIpc) is 2.78. The molecular formula is C23H25ClN2O4S. The number of H-pyrrole nitrogens is 1. The van der Waals surface area contributed by atoms with E-state index in [1.807, 2.05) is 12.1 Å². The van der Waals surface area contributed by atoms with Gasteiger partial charge in [0.05, 0.1) is 17.5 Å². The van der Waals surface area contributed by atoms with Gasteiger partial charge in [0.2, 0.25) is 10.0 Å². The zero-order chi connectivity index (χ0) is 22.0. The van der Waals surface area contributed by atoms with Gasteiger partial charge in [0, 0.05) is 29.2 Å². The van der Waals surface area contributed by atoms with E-state index in [0.717, 1.165) is 37.5 Å². The smallest absolute Gasteiger partial charge is 0.252 e. The van der Waals surface area contributed by atoms with Crippen LogP contribution in [0.25, 0.3) is 10.9 Å². The zero-order valence-electron chi connectivity index (χ0n) is 17.3. The average molecular weight is 461 g/mol. The molecule has 0 spiro atoms. The third-order valence-corrected chi connectivity index (χ3v) is 8.02. The lowest BCUT2D eigenvalue weighted by Gasteiger charge is -2.33. The summed E-state index contributed by atoms with van der Waals surface area (Å²) in [5, 5.41) is 1.30. The van der Waals surface area contributed by atoms with E-state index in [1.54, 1.807) is 31.4 Å². The highest BCUT2D eigenvalue weighted by Gasteiger charge is 2.33. The number of aromatic amines is 1. The summed E-state index contributed by atoms with van der Waals surface area (Å²) in [4.78, 5) is 15.9. The molecule has 6 nitrogen and oxygen atoms in total. The second kappa shape index (κ2) is 9.02. The molecule has 0 aliphatic heterocycles. The minimum Gasteiger partial charge on any atom is -0.497 e. The quantitative estimate of drug-likeness (QED) is 0.577. The normalized spacial score (nSPS) is 15.5. The Morgan fingerprint density at radius 1 is 1.06 bits per heavy atom. The Kier molecular flexibility index (Phi) is 6.36. The van der Waals surface area contributed by atoms with Gasteiger partial charge in [0.1, 0.15) is 5.75 Å². The van der Waals surface area contributed by atoms with Crippen molar-refractivity contribution in [3.63, 3.8) is 0 Å². The SMILES string of the molecule is COc1ccc2cc(CN(C3CCCCC3)S(=O)(=O)c3ccc(Cl)cc3)c(=O)[nH]c2c1. The predicted molar refractivity (Wildman–Crippen MR) is 122 cm³/mol. The van der Waals surface area contributed by atoms with E-state index >= 15 is 0 Å². The summed E-state index contributed by atoms with van der Waals surface area (Å²) in [5.41, 5.74) is 0.770. The fourth-order valence-electron chi connectivity index (χ4n) is 4.16. The number of ether oxygens (including phenoxy) is 1. The Hall–Kier alpha value is -2.35. The second-order valence-corrected chi connectivity index (χ2v) is 10.2. The van der Waals surface area contributed by atoms with Crippen LogP contribution in [0.5, 0.6) is 5.75 Å². The molecule has 4 rings (SSSR count). The van der Waals surface area contributed by atoms with Crippen molar-refractivity contribution in [3.8, 4) is 5.75 Å². The molecule has 0 radical (unpaired) electrons. The maximum absolute atomic E-state index is 13.6. The molecule has 1 aliphatic carbocycles. The molecule has 1 fully saturated rings. The van der Waals surface area contributed by atoms with Crippen LogP contribution in [0.15, 0.2) is 58.2 Å². The topological polar surface area (TPSA) is 79.5 Å². The summed E-state index contributed by atoms with van der Waals surface area (Å²) in [6, 6.07) is 13.2. The summed E-state index contributed by atoms with van der Waals surface area (Å²) >= 11 is 5.95. The number of halogens is 1. The van der Waals surface area contributed by atoms with Crippen LogP contribution in [0.2, 0.25) is 5.02 Å². The highest BCUT2D eigenvalue weighted by molar-refractivity contribution is 7.89. The van der Waals surface area contributed by atoms with Gasteiger partial charge in [-0.3, -0.25) is 4.79 Å². The Labute approximate surface area is 186 Å². The van der Waals surface area contributed by atoms with Crippen LogP contribution in [0.3, 0.4) is 0 Å². The van der Waals surface area contributed by atoms with Crippen LogP contribution >= 0.6 is 11.6 Å². The second-order valence-electron chi connectivity index (χ2n) is 7.87. The van der Waals surface area contributed by atoms with Crippen LogP contribution in [0, 0.1) is 0 Å². The van der Waals surface area contributed by atoms with Gasteiger partial charge in [-0.05, 0) is 60.7 Å². The minimum absolute atomic E-state index is 0.0208. The molecule has 0 atom stereocenters. The molecule has 31 heavy (non-hydrogen) atoms. The lowest BCUT2D eigenvalue weighted by atomic mass is 9.95. The number of rotatable bonds is 6. The lowest BCUT2D eigenvalue weighted by Crippen LogP contribution is -2.42. The number of fused-ring (bicyclic) bond motifs is 1. The maximum atomic E-state index is 13.6. The molecule has 1 heterocycles. The molecule has 8 heteroatoms. The third-order valence-electron chi connectivity index (χ3n) is 5.86. The van der Waals surface area contributed by atoms with Crippen LogP contribution in [0.1, 0.15) is 37.7 Å². The van der Waals surface area contributed by atoms with Crippen molar-refractivity contribution in [2.75, 3.05) is 7.11 Å². The number of hydrogen-bond donors (Lipinski definition) is 1. The van der Waals surface area contributed by atoms with Crippen molar-refractivity contribution < 1.29 is 13.2 Å². The number of methoxy groups -OCH3 is 1. The van der Waals surface area contributed by atoms with Crippen molar-refractivity contribution >= 4 is 32.5 Å². The van der Waals surface area contributed by atoms with Gasteiger partial charge in [-0.1, -0.05) is 30.9 Å². The fourth-order valence-corrected chi connectivity index (χ4v) is 5.95. The number of sulfonamides is 1. The first-order chi connectivity index (χ1) is 14.9. The zero-order valence-corrected chi connectivity index (χ0v) is 18.9. The van der Waals surface area contributed by atoms with Gasteiger partial charge in [-0.25, -0.2) is 8.42 Å². The van der Waals surface area contributed by atoms with Crippen LogP contribution < -0.4 is 10.3 Å². The number of pyridine rings is 1. The van der Waals surface area contributed by atoms with E-state index in [4.69, 9.17) is 16.3 Å². The molecule has 0 bridgehead atoms. The Bertz CT molecular complexity index is 1230. The molecule has 1 aliphatic rings. The minimum atomic E-state index is -3.79. The summed E-state index contributed by atoms with van der Waals surface area (Å²) in [6.45, 7) is 0.0208. The number of nitrogens with one attached hydrogen (secondary N) is 1. The number of hydrogen-bond acceptors (Lipinski definition) is 4. The van der Waals surface area contributed by atoms with Crippen molar-refractivity contribution in [1.82, 2.24) is 9.29 Å².